The molecule has 0 radical (unpaired) electrons. The normalized spacial score (nSPS) is 12.5. The first-order valence-corrected chi connectivity index (χ1v) is 30.8. The average molecular weight is 949 g/mol. The van der Waals surface area contributed by atoms with Gasteiger partial charge >= 0.3 is 5.97 Å². The minimum absolute atomic E-state index is 0.0141. The van der Waals surface area contributed by atoms with Crippen LogP contribution in [0.15, 0.2) is 0 Å². The highest BCUT2D eigenvalue weighted by Crippen LogP contribution is 2.18. The minimum atomic E-state index is -0.664. The predicted molar refractivity (Wildman–Crippen MR) is 292 cm³/mol. The van der Waals surface area contributed by atoms with Crippen molar-refractivity contribution in [3.05, 3.63) is 0 Å². The number of aliphatic hydroxyl groups is 2. The van der Waals surface area contributed by atoms with Crippen LogP contribution >= 0.6 is 0 Å². The standard InChI is InChI=1S/C61H121NO5/c1-3-5-7-9-11-13-15-17-19-23-27-31-35-39-43-47-51-55-61(66)67-56-52-48-44-40-36-32-28-25-22-20-21-24-26-30-34-38-42-46-50-54-60(65)62-58(57-63)59(64)53-49-45-41-37-33-29-18-16-14-12-10-8-6-4-2/h58-59,63-64H,3-57H2,1-2H3,(H,62,65). The van der Waals surface area contributed by atoms with Crippen LogP contribution in [0, 0.1) is 0 Å². The Morgan fingerprint density at radius 3 is 0.910 bits per heavy atom. The largest absolute Gasteiger partial charge is 0.466 e. The molecule has 0 aromatic heterocycles. The van der Waals surface area contributed by atoms with Crippen molar-refractivity contribution in [2.45, 2.75) is 366 Å². The van der Waals surface area contributed by atoms with Crippen molar-refractivity contribution in [1.82, 2.24) is 5.32 Å². The zero-order chi connectivity index (χ0) is 48.6. The van der Waals surface area contributed by atoms with Gasteiger partial charge in [0.1, 0.15) is 0 Å². The van der Waals surface area contributed by atoms with Crippen molar-refractivity contribution in [3.63, 3.8) is 0 Å². The molecule has 6 nitrogen and oxygen atoms in total. The fourth-order valence-electron chi connectivity index (χ4n) is 9.94. The third-order valence-electron chi connectivity index (χ3n) is 14.7. The smallest absolute Gasteiger partial charge is 0.305 e. The average Bonchev–Trinajstić information content (AvgIpc) is 3.33. The zero-order valence-electron chi connectivity index (χ0n) is 45.7. The second kappa shape index (κ2) is 57.4. The SMILES string of the molecule is CCCCCCCCCCCCCCCCCCCC(=O)OCCCCCCCCCCCCCCCCCCCCCC(=O)NC(CO)C(O)CCCCCCCCCCCCCCCC. The lowest BCUT2D eigenvalue weighted by Gasteiger charge is -2.22. The summed E-state index contributed by atoms with van der Waals surface area (Å²) in [4.78, 5) is 24.6. The lowest BCUT2D eigenvalue weighted by molar-refractivity contribution is -0.143. The van der Waals surface area contributed by atoms with E-state index in [1.54, 1.807) is 0 Å². The molecule has 1 amide bonds. The number of amides is 1. The Kier molecular flexibility index (Phi) is 56.5. The number of ether oxygens (including phenoxy) is 1. The summed E-state index contributed by atoms with van der Waals surface area (Å²) in [6, 6.07) is -0.542. The first kappa shape index (κ1) is 65.9. The Labute approximate surface area is 419 Å². The molecule has 2 atom stereocenters. The second-order valence-electron chi connectivity index (χ2n) is 21.4. The van der Waals surface area contributed by atoms with Gasteiger partial charge in [0.2, 0.25) is 5.91 Å². The molecule has 0 heterocycles. The zero-order valence-corrected chi connectivity index (χ0v) is 45.7. The van der Waals surface area contributed by atoms with E-state index in [4.69, 9.17) is 4.74 Å². The number of esters is 1. The quantitative estimate of drug-likeness (QED) is 0.0417. The van der Waals surface area contributed by atoms with Gasteiger partial charge in [0, 0.05) is 12.8 Å². The molecule has 0 saturated carbocycles. The van der Waals surface area contributed by atoms with Crippen LogP contribution < -0.4 is 5.32 Å². The molecule has 0 saturated heterocycles. The summed E-state index contributed by atoms with van der Waals surface area (Å²) in [5.41, 5.74) is 0. The third kappa shape index (κ3) is 54.0. The molecule has 0 aliphatic heterocycles. The highest BCUT2D eigenvalue weighted by Gasteiger charge is 2.20. The number of rotatable bonds is 58. The molecule has 6 heteroatoms. The van der Waals surface area contributed by atoms with Crippen LogP contribution in [0.25, 0.3) is 0 Å². The van der Waals surface area contributed by atoms with Crippen molar-refractivity contribution in [2.24, 2.45) is 0 Å². The van der Waals surface area contributed by atoms with E-state index in [0.717, 1.165) is 38.5 Å². The van der Waals surface area contributed by atoms with Gasteiger partial charge in [0.05, 0.1) is 25.4 Å². The van der Waals surface area contributed by atoms with E-state index in [1.807, 2.05) is 0 Å². The van der Waals surface area contributed by atoms with Crippen LogP contribution in [-0.4, -0.2) is 47.4 Å². The number of unbranched alkanes of at least 4 members (excludes halogenated alkanes) is 47. The van der Waals surface area contributed by atoms with E-state index in [0.29, 0.717) is 25.9 Å². The molecule has 0 aromatic rings. The lowest BCUT2D eigenvalue weighted by atomic mass is 10.0. The number of nitrogens with one attached hydrogen (secondary N) is 1. The Balaban J connectivity index is 3.36. The lowest BCUT2D eigenvalue weighted by Crippen LogP contribution is -2.45. The van der Waals surface area contributed by atoms with Crippen molar-refractivity contribution in [3.8, 4) is 0 Å². The highest BCUT2D eigenvalue weighted by molar-refractivity contribution is 5.76. The molecule has 0 rings (SSSR count). The Morgan fingerprint density at radius 1 is 0.358 bits per heavy atom. The molecule has 0 bridgehead atoms. The fraction of sp³-hybridized carbons (Fsp3) is 0.967. The van der Waals surface area contributed by atoms with E-state index in [2.05, 4.69) is 19.2 Å². The minimum Gasteiger partial charge on any atom is -0.466 e. The summed E-state index contributed by atoms with van der Waals surface area (Å²) >= 11 is 0. The van der Waals surface area contributed by atoms with Gasteiger partial charge in [-0.25, -0.2) is 0 Å². The van der Waals surface area contributed by atoms with Crippen molar-refractivity contribution in [2.75, 3.05) is 13.2 Å². The molecule has 0 aromatic carbocycles. The van der Waals surface area contributed by atoms with Crippen molar-refractivity contribution >= 4 is 11.9 Å². The molecule has 400 valence electrons. The van der Waals surface area contributed by atoms with E-state index in [9.17, 15) is 19.8 Å². The van der Waals surface area contributed by atoms with E-state index >= 15 is 0 Å². The molecule has 0 aliphatic rings. The number of carbonyl (C=O) groups is 2. The molecular formula is C61H121NO5. The molecule has 0 fully saturated rings. The summed E-state index contributed by atoms with van der Waals surface area (Å²) in [6.45, 7) is 4.98. The maximum absolute atomic E-state index is 12.5. The first-order chi connectivity index (χ1) is 33.0. The van der Waals surface area contributed by atoms with Gasteiger partial charge in [-0.15, -0.1) is 0 Å². The summed E-state index contributed by atoms with van der Waals surface area (Å²) in [6.07, 6.45) is 66.8. The van der Waals surface area contributed by atoms with Gasteiger partial charge in [0.15, 0.2) is 0 Å². The number of hydrogen-bond donors (Lipinski definition) is 3. The number of aliphatic hydroxyl groups excluding tert-OH is 2. The Morgan fingerprint density at radius 2 is 0.612 bits per heavy atom. The molecule has 2 unspecified atom stereocenters. The maximum Gasteiger partial charge on any atom is 0.305 e. The first-order valence-electron chi connectivity index (χ1n) is 30.8. The Bertz CT molecular complexity index is 959. The summed E-state index contributed by atoms with van der Waals surface area (Å²) in [5.74, 6) is -0.0210. The molecule has 3 N–H and O–H groups in total. The maximum atomic E-state index is 12.5. The van der Waals surface area contributed by atoms with Gasteiger partial charge in [-0.2, -0.15) is 0 Å². The molecule has 0 spiro atoms. The van der Waals surface area contributed by atoms with Gasteiger partial charge < -0.3 is 20.3 Å². The van der Waals surface area contributed by atoms with Crippen LogP contribution in [0.4, 0.5) is 0 Å². The van der Waals surface area contributed by atoms with E-state index in [-0.39, 0.29) is 18.5 Å². The highest BCUT2D eigenvalue weighted by atomic mass is 16.5. The van der Waals surface area contributed by atoms with Crippen molar-refractivity contribution in [1.29, 1.82) is 0 Å². The third-order valence-corrected chi connectivity index (χ3v) is 14.7. The molecular weight excluding hydrogens is 827 g/mol. The van der Waals surface area contributed by atoms with Crippen LogP contribution in [0.3, 0.4) is 0 Å². The van der Waals surface area contributed by atoms with Crippen molar-refractivity contribution < 1.29 is 24.5 Å². The van der Waals surface area contributed by atoms with Crippen LogP contribution in [-0.2, 0) is 14.3 Å². The number of carbonyl (C=O) groups excluding carboxylic acids is 2. The van der Waals surface area contributed by atoms with Gasteiger partial charge in [0.25, 0.3) is 0 Å². The molecule has 67 heavy (non-hydrogen) atoms. The summed E-state index contributed by atoms with van der Waals surface area (Å²) in [5, 5.41) is 23.3. The summed E-state index contributed by atoms with van der Waals surface area (Å²) in [7, 11) is 0. The molecule has 0 aliphatic carbocycles. The van der Waals surface area contributed by atoms with Gasteiger partial charge in [-0.1, -0.05) is 316 Å². The topological polar surface area (TPSA) is 95.9 Å². The van der Waals surface area contributed by atoms with Crippen LogP contribution in [0.1, 0.15) is 354 Å². The van der Waals surface area contributed by atoms with E-state index < -0.39 is 12.1 Å². The Hall–Kier alpha value is -1.14. The van der Waals surface area contributed by atoms with Gasteiger partial charge in [-0.05, 0) is 25.7 Å². The monoisotopic (exact) mass is 948 g/mol. The van der Waals surface area contributed by atoms with E-state index in [1.165, 1.54) is 283 Å². The second-order valence-corrected chi connectivity index (χ2v) is 21.4. The predicted octanol–water partition coefficient (Wildman–Crippen LogP) is 19.1. The van der Waals surface area contributed by atoms with Crippen LogP contribution in [0.5, 0.6) is 0 Å². The van der Waals surface area contributed by atoms with Gasteiger partial charge in [-0.3, -0.25) is 9.59 Å². The van der Waals surface area contributed by atoms with Crippen LogP contribution in [0.2, 0.25) is 0 Å². The summed E-state index contributed by atoms with van der Waals surface area (Å²) < 4.78 is 5.50. The fourth-order valence-corrected chi connectivity index (χ4v) is 9.94. The number of hydrogen-bond acceptors (Lipinski definition) is 5.